The van der Waals surface area contributed by atoms with Crippen molar-refractivity contribution in [3.8, 4) is 0 Å². The van der Waals surface area contributed by atoms with Gasteiger partial charge in [-0.3, -0.25) is 0 Å². The molecule has 0 saturated heterocycles. The summed E-state index contributed by atoms with van der Waals surface area (Å²) in [5, 5.41) is 17.5. The molecule has 0 unspecified atom stereocenters. The molecule has 2 aromatic carbocycles. The van der Waals surface area contributed by atoms with Gasteiger partial charge in [-0.25, -0.2) is 18.0 Å². The zero-order chi connectivity index (χ0) is 47.2. The van der Waals surface area contributed by atoms with Gasteiger partial charge < -0.3 is 19.2 Å². The van der Waals surface area contributed by atoms with E-state index in [-0.39, 0.29) is 20.9 Å². The van der Waals surface area contributed by atoms with Crippen LogP contribution < -0.4 is 0 Å². The lowest BCUT2D eigenvalue weighted by Gasteiger charge is -2.28. The number of nitrogens with zero attached hydrogens (tertiary/aromatic N) is 2. The quantitative estimate of drug-likeness (QED) is 0.0521. The van der Waals surface area contributed by atoms with Crippen LogP contribution in [0.2, 0.25) is 0 Å². The Hall–Kier alpha value is -2.75. The smallest absolute Gasteiger partial charge is 0.335 e. The minimum atomic E-state index is -3.81. The largest absolute Gasteiger partial charge is 0.478 e. The van der Waals surface area contributed by atoms with Crippen molar-refractivity contribution in [2.24, 2.45) is 0 Å². The van der Waals surface area contributed by atoms with Crippen LogP contribution in [-0.2, 0) is 9.84 Å². The van der Waals surface area contributed by atoms with E-state index in [0.717, 1.165) is 0 Å². The second-order valence-electron chi connectivity index (χ2n) is 19.3. The van der Waals surface area contributed by atoms with E-state index in [1.165, 1.54) is 263 Å². The molecule has 9 heteroatoms. The summed E-state index contributed by atoms with van der Waals surface area (Å²) < 4.78 is 27.0. The summed E-state index contributed by atoms with van der Waals surface area (Å²) in [6.45, 7) is 14.4. The van der Waals surface area contributed by atoms with Crippen molar-refractivity contribution in [3.05, 3.63) is 59.7 Å². The highest BCUT2D eigenvalue weighted by molar-refractivity contribution is 7.91. The van der Waals surface area contributed by atoms with Gasteiger partial charge in [0.05, 0.1) is 75.3 Å². The number of quaternary nitrogens is 2. The van der Waals surface area contributed by atoms with E-state index in [4.69, 9.17) is 10.2 Å². The predicted molar refractivity (Wildman–Crippen MR) is 268 cm³/mol. The number of rotatable bonds is 36. The lowest BCUT2D eigenvalue weighted by Crippen LogP contribution is -2.39. The molecule has 0 fully saturated rings. The highest BCUT2D eigenvalue weighted by atomic mass is 32.2. The van der Waals surface area contributed by atoms with Crippen LogP contribution in [0.25, 0.3) is 0 Å². The van der Waals surface area contributed by atoms with Gasteiger partial charge in [-0.05, 0) is 88.1 Å². The Morgan fingerprint density at radius 3 is 0.778 bits per heavy atom. The summed E-state index contributed by atoms with van der Waals surface area (Å²) in [6.07, 6.45) is 40.8. The normalized spacial score (nSPS) is 11.7. The molecule has 8 nitrogen and oxygen atoms in total. The maximum Gasteiger partial charge on any atom is 0.335 e. The van der Waals surface area contributed by atoms with Gasteiger partial charge in [0.25, 0.3) is 0 Å². The first-order chi connectivity index (χ1) is 30.1. The van der Waals surface area contributed by atoms with Crippen molar-refractivity contribution in [2.75, 3.05) is 54.4 Å². The fourth-order valence-corrected chi connectivity index (χ4v) is 8.74. The number of aromatic carboxylic acids is 2. The van der Waals surface area contributed by atoms with E-state index < -0.39 is 21.8 Å². The van der Waals surface area contributed by atoms with E-state index in [1.807, 2.05) is 0 Å². The summed E-state index contributed by atoms with van der Waals surface area (Å²) >= 11 is 0. The Kier molecular flexibility index (Phi) is 35.8. The fraction of sp³-hybridized carbons (Fsp3) is 0.741. The molecule has 0 aliphatic rings. The molecule has 63 heavy (non-hydrogen) atoms. The SMILES string of the molecule is CCCCCCCCCCCCCCCC[N+](C)(C)CC.CCCCCCCCCCCCCCCC[N+](C)(C)CC.O=C(O)c1ccc(S(=O)(=O)c2ccc(C(=O)O)cc2)cc1. The molecule has 0 aliphatic carbocycles. The molecule has 2 N–H and O–H groups in total. The molecule has 2 rings (SSSR count). The van der Waals surface area contributed by atoms with Gasteiger partial charge in [-0.15, -0.1) is 0 Å². The van der Waals surface area contributed by atoms with Gasteiger partial charge in [0.15, 0.2) is 0 Å². The highest BCUT2D eigenvalue weighted by Crippen LogP contribution is 2.22. The number of carboxylic acid groups (broad SMARTS) is 2. The number of hydrogen-bond donors (Lipinski definition) is 2. The van der Waals surface area contributed by atoms with Crippen molar-refractivity contribution in [1.82, 2.24) is 0 Å². The van der Waals surface area contributed by atoms with E-state index >= 15 is 0 Å². The summed E-state index contributed by atoms with van der Waals surface area (Å²) in [5.74, 6) is -2.30. The van der Waals surface area contributed by atoms with Crippen LogP contribution in [-0.4, -0.2) is 93.9 Å². The van der Waals surface area contributed by atoms with E-state index in [2.05, 4.69) is 55.9 Å². The molecule has 0 radical (unpaired) electrons. The third-order valence-corrected chi connectivity index (χ3v) is 14.6. The van der Waals surface area contributed by atoms with E-state index in [9.17, 15) is 18.0 Å². The first-order valence-electron chi connectivity index (χ1n) is 25.6. The van der Waals surface area contributed by atoms with Gasteiger partial charge in [0.1, 0.15) is 0 Å². The molecule has 364 valence electrons. The van der Waals surface area contributed by atoms with Gasteiger partial charge in [-0.1, -0.05) is 168 Å². The monoisotopic (exact) mass is 903 g/mol. The van der Waals surface area contributed by atoms with Crippen LogP contribution >= 0.6 is 0 Å². The lowest BCUT2D eigenvalue weighted by molar-refractivity contribution is -0.888. The molecule has 0 amide bonds. The maximum atomic E-state index is 12.3. The van der Waals surface area contributed by atoms with Gasteiger partial charge >= 0.3 is 11.9 Å². The predicted octanol–water partition coefficient (Wildman–Crippen LogP) is 15.0. The first-order valence-corrected chi connectivity index (χ1v) is 27.1. The number of unbranched alkanes of at least 4 members (excludes halogenated alkanes) is 26. The number of hydrogen-bond acceptors (Lipinski definition) is 4. The second-order valence-corrected chi connectivity index (χ2v) is 21.3. The molecule has 0 bridgehead atoms. The second kappa shape index (κ2) is 37.5. The van der Waals surface area contributed by atoms with Crippen LogP contribution in [0.15, 0.2) is 58.3 Å². The van der Waals surface area contributed by atoms with Crippen LogP contribution in [0.1, 0.15) is 228 Å². The maximum absolute atomic E-state index is 12.3. The van der Waals surface area contributed by atoms with Crippen molar-refractivity contribution in [2.45, 2.75) is 217 Å². The highest BCUT2D eigenvalue weighted by Gasteiger charge is 2.19. The molecule has 2 aromatic rings. The number of carbonyl (C=O) groups is 2. The summed E-state index contributed by atoms with van der Waals surface area (Å²) in [6, 6.07) is 9.57. The molecule has 0 atom stereocenters. The average molecular weight is 903 g/mol. The number of carboxylic acids is 2. The summed E-state index contributed by atoms with van der Waals surface area (Å²) in [5.41, 5.74) is -0.0367. The Bertz CT molecular complexity index is 1400. The zero-order valence-corrected chi connectivity index (χ0v) is 42.9. The summed E-state index contributed by atoms with van der Waals surface area (Å²) in [7, 11) is 5.59. The molecule has 0 aliphatic heterocycles. The molecular weight excluding hydrogens is 805 g/mol. The lowest BCUT2D eigenvalue weighted by atomic mass is 10.0. The third-order valence-electron chi connectivity index (χ3n) is 12.8. The average Bonchev–Trinajstić information content (AvgIpc) is 3.27. The van der Waals surface area contributed by atoms with E-state index in [1.54, 1.807) is 0 Å². The first kappa shape index (κ1) is 60.2. The van der Waals surface area contributed by atoms with Crippen molar-refractivity contribution in [3.63, 3.8) is 0 Å². The van der Waals surface area contributed by atoms with Crippen molar-refractivity contribution in [1.29, 1.82) is 0 Å². The Balaban J connectivity index is 0.000000915. The standard InChI is InChI=1S/2C20H44N.C14H10O6S/c2*1-5-7-8-9-10-11-12-13-14-15-16-17-18-19-20-21(3,4)6-2;15-13(16)9-1-5-11(6-2-9)21(19,20)12-7-3-10(4-8-12)14(17)18/h2*5-20H2,1-4H3;1-8H,(H,15,16)(H,17,18)/q2*+1;. The molecule has 0 saturated carbocycles. The third kappa shape index (κ3) is 32.5. The van der Waals surface area contributed by atoms with Gasteiger partial charge in [0, 0.05) is 0 Å². The Morgan fingerprint density at radius 1 is 0.381 bits per heavy atom. The topological polar surface area (TPSA) is 109 Å². The van der Waals surface area contributed by atoms with Crippen molar-refractivity contribution < 1.29 is 37.2 Å². The molecular formula is C54H98N2O6S+2. The molecule has 0 aromatic heterocycles. The molecule has 0 spiro atoms. The van der Waals surface area contributed by atoms with Crippen LogP contribution in [0.4, 0.5) is 0 Å². The van der Waals surface area contributed by atoms with Gasteiger partial charge in [0.2, 0.25) is 9.84 Å². The zero-order valence-electron chi connectivity index (χ0n) is 42.1. The van der Waals surface area contributed by atoms with Crippen molar-refractivity contribution >= 4 is 21.8 Å². The van der Waals surface area contributed by atoms with E-state index in [0.29, 0.717) is 0 Å². The minimum absolute atomic E-state index is 0.0184. The minimum Gasteiger partial charge on any atom is -0.478 e. The van der Waals surface area contributed by atoms with Crippen LogP contribution in [0.5, 0.6) is 0 Å². The number of sulfone groups is 1. The van der Waals surface area contributed by atoms with Crippen LogP contribution in [0, 0.1) is 0 Å². The number of benzene rings is 2. The Labute approximate surface area is 388 Å². The van der Waals surface area contributed by atoms with Gasteiger partial charge in [-0.2, -0.15) is 0 Å². The summed E-state index contributed by atoms with van der Waals surface area (Å²) in [4.78, 5) is 21.3. The molecule has 0 heterocycles. The Morgan fingerprint density at radius 2 is 0.587 bits per heavy atom. The fourth-order valence-electron chi connectivity index (χ4n) is 7.47. The van der Waals surface area contributed by atoms with Crippen LogP contribution in [0.3, 0.4) is 0 Å².